The van der Waals surface area contributed by atoms with Crippen LogP contribution < -0.4 is 24.8 Å². The molecule has 0 radical (unpaired) electrons. The molecule has 1 aliphatic rings. The van der Waals surface area contributed by atoms with E-state index in [0.29, 0.717) is 65.4 Å². The predicted octanol–water partition coefficient (Wildman–Crippen LogP) is 3.04. The lowest BCUT2D eigenvalue weighted by molar-refractivity contribution is -0.127. The maximum absolute atomic E-state index is 12.0. The molecule has 2 aromatic heterocycles. The molecule has 1 saturated heterocycles. The highest BCUT2D eigenvalue weighted by atomic mass is 16.5. The Hall–Kier alpha value is -3.76. The van der Waals surface area contributed by atoms with E-state index in [-0.39, 0.29) is 5.91 Å². The molecule has 1 aliphatic heterocycles. The third-order valence-electron chi connectivity index (χ3n) is 5.71. The van der Waals surface area contributed by atoms with Gasteiger partial charge in [0.05, 0.1) is 27.7 Å². The number of fused-ring (bicyclic) bond motifs is 1. The minimum absolute atomic E-state index is 0.203. The van der Waals surface area contributed by atoms with E-state index in [1.54, 1.807) is 39.8 Å². The van der Waals surface area contributed by atoms with Crippen molar-refractivity contribution in [3.05, 3.63) is 18.5 Å². The maximum atomic E-state index is 12.0. The Bertz CT molecular complexity index is 1140. The molecule has 0 aliphatic carbocycles. The number of benzene rings is 1. The summed E-state index contributed by atoms with van der Waals surface area (Å²) in [7, 11) is 4.70. The first-order valence-corrected chi connectivity index (χ1v) is 11.4. The first-order valence-electron chi connectivity index (χ1n) is 11.4. The fraction of sp³-hybridized carbons (Fsp3) is 0.478. The van der Waals surface area contributed by atoms with Gasteiger partial charge in [0, 0.05) is 50.4 Å². The van der Waals surface area contributed by atoms with Gasteiger partial charge in [-0.3, -0.25) is 4.79 Å². The topological polar surface area (TPSA) is 116 Å². The number of methoxy groups -OCH3 is 3. The van der Waals surface area contributed by atoms with Gasteiger partial charge in [-0.15, -0.1) is 0 Å². The highest BCUT2D eigenvalue weighted by Crippen LogP contribution is 2.40. The molecule has 1 fully saturated rings. The third kappa shape index (κ3) is 4.78. The van der Waals surface area contributed by atoms with E-state index >= 15 is 0 Å². The summed E-state index contributed by atoms with van der Waals surface area (Å²) in [6, 6.07) is 3.59. The molecule has 2 N–H and O–H groups in total. The number of anilines is 3. The summed E-state index contributed by atoms with van der Waals surface area (Å²) in [5.41, 5.74) is 2.07. The summed E-state index contributed by atoms with van der Waals surface area (Å²) < 4.78 is 18.3. The van der Waals surface area contributed by atoms with Gasteiger partial charge >= 0.3 is 0 Å². The highest BCUT2D eigenvalue weighted by Gasteiger charge is 2.21. The Balaban J connectivity index is 1.67. The number of imidazole rings is 1. The van der Waals surface area contributed by atoms with Gasteiger partial charge in [-0.25, -0.2) is 4.98 Å². The second kappa shape index (κ2) is 10.4. The number of amides is 1. The molecule has 0 atom stereocenters. The number of ether oxygens (including phenoxy) is 3. The Kier molecular flexibility index (Phi) is 7.19. The van der Waals surface area contributed by atoms with Crippen LogP contribution in [0.3, 0.4) is 0 Å². The molecule has 3 aromatic rings. The smallest absolute Gasteiger partial charge is 0.231 e. The first kappa shape index (κ1) is 23.4. The molecule has 11 heteroatoms. The molecule has 1 amide bonds. The number of nitrogens with zero attached hydrogens (tertiary/aromatic N) is 5. The van der Waals surface area contributed by atoms with Crippen molar-refractivity contribution < 1.29 is 19.0 Å². The van der Waals surface area contributed by atoms with Crippen LogP contribution >= 0.6 is 0 Å². The standard InChI is InChI=1S/C23H31N7O4/c1-5-8-24-21-19-22(30(14-25-19)11-10-29-9-6-7-18(29)31)28-23(27-21)26-15-12-16(32-2)20(34-4)17(13-15)33-3/h12-14H,5-11H2,1-4H3,(H2,24,26,27,28). The summed E-state index contributed by atoms with van der Waals surface area (Å²) in [6.45, 7) is 4.88. The molecule has 0 bridgehead atoms. The number of hydrogen-bond donors (Lipinski definition) is 2. The van der Waals surface area contributed by atoms with Crippen molar-refractivity contribution in [1.29, 1.82) is 0 Å². The Morgan fingerprint density at radius 3 is 2.44 bits per heavy atom. The summed E-state index contributed by atoms with van der Waals surface area (Å²) in [4.78, 5) is 27.8. The van der Waals surface area contributed by atoms with Crippen molar-refractivity contribution in [2.75, 3.05) is 51.6 Å². The van der Waals surface area contributed by atoms with Crippen LogP contribution in [0.1, 0.15) is 26.2 Å². The molecule has 182 valence electrons. The van der Waals surface area contributed by atoms with Crippen LogP contribution in [0.4, 0.5) is 17.5 Å². The van der Waals surface area contributed by atoms with Gasteiger partial charge in [0.15, 0.2) is 28.5 Å². The maximum Gasteiger partial charge on any atom is 0.231 e. The Labute approximate surface area is 198 Å². The molecule has 0 spiro atoms. The minimum Gasteiger partial charge on any atom is -0.493 e. The normalized spacial score (nSPS) is 13.4. The number of carbonyl (C=O) groups excluding carboxylic acids is 1. The number of carbonyl (C=O) groups is 1. The number of nitrogens with one attached hydrogen (secondary N) is 2. The van der Waals surface area contributed by atoms with E-state index in [1.807, 2.05) is 9.47 Å². The average Bonchev–Trinajstić information content (AvgIpc) is 3.45. The van der Waals surface area contributed by atoms with Crippen molar-refractivity contribution in [2.45, 2.75) is 32.7 Å². The summed E-state index contributed by atoms with van der Waals surface area (Å²) >= 11 is 0. The fourth-order valence-corrected chi connectivity index (χ4v) is 3.98. The van der Waals surface area contributed by atoms with Gasteiger partial charge in [-0.2, -0.15) is 9.97 Å². The van der Waals surface area contributed by atoms with Gasteiger partial charge in [-0.1, -0.05) is 6.92 Å². The van der Waals surface area contributed by atoms with Crippen molar-refractivity contribution >= 4 is 34.5 Å². The van der Waals surface area contributed by atoms with Crippen molar-refractivity contribution in [1.82, 2.24) is 24.4 Å². The van der Waals surface area contributed by atoms with E-state index in [4.69, 9.17) is 19.2 Å². The summed E-state index contributed by atoms with van der Waals surface area (Å²) in [5.74, 6) is 2.81. The molecule has 11 nitrogen and oxygen atoms in total. The second-order valence-corrected chi connectivity index (χ2v) is 7.96. The molecule has 4 rings (SSSR count). The average molecular weight is 470 g/mol. The van der Waals surface area contributed by atoms with Crippen molar-refractivity contribution in [3.63, 3.8) is 0 Å². The SMILES string of the molecule is CCCNc1nc(Nc2cc(OC)c(OC)c(OC)c2)nc2c1ncn2CCN1CCCC1=O. The van der Waals surface area contributed by atoms with Crippen LogP contribution in [0.15, 0.2) is 18.5 Å². The quantitative estimate of drug-likeness (QED) is 0.437. The lowest BCUT2D eigenvalue weighted by Gasteiger charge is -2.16. The largest absolute Gasteiger partial charge is 0.493 e. The lowest BCUT2D eigenvalue weighted by atomic mass is 10.2. The molecular formula is C23H31N7O4. The van der Waals surface area contributed by atoms with E-state index in [2.05, 4.69) is 27.5 Å². The van der Waals surface area contributed by atoms with Crippen LogP contribution in [0.5, 0.6) is 17.2 Å². The van der Waals surface area contributed by atoms with Crippen LogP contribution in [-0.4, -0.2) is 71.3 Å². The molecule has 0 unspecified atom stereocenters. The Morgan fingerprint density at radius 2 is 1.82 bits per heavy atom. The number of likely N-dealkylation sites (tertiary alicyclic amines) is 1. The number of rotatable bonds is 11. The predicted molar refractivity (Wildman–Crippen MR) is 129 cm³/mol. The zero-order valence-electron chi connectivity index (χ0n) is 20.1. The fourth-order valence-electron chi connectivity index (χ4n) is 3.98. The van der Waals surface area contributed by atoms with E-state index < -0.39 is 0 Å². The van der Waals surface area contributed by atoms with E-state index in [0.717, 1.165) is 25.9 Å². The minimum atomic E-state index is 0.203. The number of hydrogen-bond acceptors (Lipinski definition) is 9. The molecule has 1 aromatic carbocycles. The van der Waals surface area contributed by atoms with E-state index in [9.17, 15) is 4.79 Å². The zero-order chi connectivity index (χ0) is 24.1. The highest BCUT2D eigenvalue weighted by molar-refractivity contribution is 5.85. The van der Waals surface area contributed by atoms with Crippen LogP contribution in [0, 0.1) is 0 Å². The van der Waals surface area contributed by atoms with E-state index in [1.165, 1.54) is 0 Å². The summed E-state index contributed by atoms with van der Waals surface area (Å²) in [6.07, 6.45) is 4.24. The second-order valence-electron chi connectivity index (χ2n) is 7.96. The molecule has 34 heavy (non-hydrogen) atoms. The first-order chi connectivity index (χ1) is 16.6. The van der Waals surface area contributed by atoms with Gasteiger partial charge < -0.3 is 34.3 Å². The number of aromatic nitrogens is 4. The van der Waals surface area contributed by atoms with Gasteiger partial charge in [-0.05, 0) is 12.8 Å². The Morgan fingerprint density at radius 1 is 1.06 bits per heavy atom. The van der Waals surface area contributed by atoms with Gasteiger partial charge in [0.25, 0.3) is 0 Å². The van der Waals surface area contributed by atoms with Crippen molar-refractivity contribution in [2.24, 2.45) is 0 Å². The van der Waals surface area contributed by atoms with Gasteiger partial charge in [0.2, 0.25) is 17.6 Å². The lowest BCUT2D eigenvalue weighted by Crippen LogP contribution is -2.28. The van der Waals surface area contributed by atoms with Crippen LogP contribution in [-0.2, 0) is 11.3 Å². The monoisotopic (exact) mass is 469 g/mol. The zero-order valence-corrected chi connectivity index (χ0v) is 20.1. The van der Waals surface area contributed by atoms with Gasteiger partial charge in [0.1, 0.15) is 0 Å². The molecular weight excluding hydrogens is 438 g/mol. The summed E-state index contributed by atoms with van der Waals surface area (Å²) in [5, 5.41) is 6.60. The molecule has 0 saturated carbocycles. The van der Waals surface area contributed by atoms with Crippen molar-refractivity contribution in [3.8, 4) is 17.2 Å². The van der Waals surface area contributed by atoms with Crippen LogP contribution in [0.25, 0.3) is 11.2 Å². The third-order valence-corrected chi connectivity index (χ3v) is 5.71. The van der Waals surface area contributed by atoms with Crippen LogP contribution in [0.2, 0.25) is 0 Å². The molecule has 3 heterocycles.